The molecular formula is C26H37NO. The minimum absolute atomic E-state index is 0.0591. The van der Waals surface area contributed by atoms with Gasteiger partial charge in [-0.05, 0) is 104 Å². The zero-order valence-electron chi connectivity index (χ0n) is 17.9. The summed E-state index contributed by atoms with van der Waals surface area (Å²) < 4.78 is 0. The van der Waals surface area contributed by atoms with Gasteiger partial charge >= 0.3 is 0 Å². The van der Waals surface area contributed by atoms with Crippen molar-refractivity contribution >= 4 is 5.69 Å². The van der Waals surface area contributed by atoms with Crippen molar-refractivity contribution in [2.75, 3.05) is 19.0 Å². The molecule has 3 fully saturated rings. The van der Waals surface area contributed by atoms with Crippen molar-refractivity contribution in [2.24, 2.45) is 29.1 Å². The molecule has 1 N–H and O–H groups in total. The molecule has 0 spiro atoms. The first kappa shape index (κ1) is 18.7. The monoisotopic (exact) mass is 379 g/mol. The number of allylic oxidation sites excluding steroid dienone is 2. The molecule has 7 atom stereocenters. The third kappa shape index (κ3) is 2.78. The summed E-state index contributed by atoms with van der Waals surface area (Å²) >= 11 is 0. The van der Waals surface area contributed by atoms with E-state index in [1.54, 1.807) is 11.1 Å². The van der Waals surface area contributed by atoms with E-state index in [0.29, 0.717) is 5.92 Å². The summed E-state index contributed by atoms with van der Waals surface area (Å²) in [5, 5.41) is 10.7. The van der Waals surface area contributed by atoms with Gasteiger partial charge < -0.3 is 10.0 Å². The summed E-state index contributed by atoms with van der Waals surface area (Å²) in [5.74, 6) is 3.86. The second-order valence-corrected chi connectivity index (χ2v) is 10.6. The molecule has 4 aliphatic rings. The molecule has 1 aromatic carbocycles. The Balaban J connectivity index is 1.46. The van der Waals surface area contributed by atoms with Gasteiger partial charge in [0.05, 0.1) is 6.10 Å². The smallest absolute Gasteiger partial charge is 0.0596 e. The summed E-state index contributed by atoms with van der Waals surface area (Å²) in [6, 6.07) is 9.41. The molecule has 5 rings (SSSR count). The van der Waals surface area contributed by atoms with Crippen LogP contribution in [0, 0.1) is 29.1 Å². The highest BCUT2D eigenvalue weighted by molar-refractivity contribution is 5.47. The lowest BCUT2D eigenvalue weighted by atomic mass is 9.50. The van der Waals surface area contributed by atoms with Crippen molar-refractivity contribution in [1.29, 1.82) is 0 Å². The Morgan fingerprint density at radius 1 is 0.964 bits per heavy atom. The first-order valence-corrected chi connectivity index (χ1v) is 11.6. The number of benzene rings is 1. The van der Waals surface area contributed by atoms with E-state index in [0.717, 1.165) is 30.1 Å². The van der Waals surface area contributed by atoms with Gasteiger partial charge in [0.25, 0.3) is 0 Å². The zero-order valence-corrected chi connectivity index (χ0v) is 17.9. The quantitative estimate of drug-likeness (QED) is 0.659. The van der Waals surface area contributed by atoms with E-state index >= 15 is 0 Å². The van der Waals surface area contributed by atoms with E-state index in [1.165, 1.54) is 50.6 Å². The molecule has 4 aliphatic carbocycles. The molecule has 152 valence electrons. The fraction of sp³-hybridized carbons (Fsp3) is 0.692. The van der Waals surface area contributed by atoms with E-state index in [2.05, 4.69) is 56.3 Å². The van der Waals surface area contributed by atoms with E-state index < -0.39 is 0 Å². The van der Waals surface area contributed by atoms with Gasteiger partial charge in [0.15, 0.2) is 0 Å². The van der Waals surface area contributed by atoms with Crippen LogP contribution >= 0.6 is 0 Å². The van der Waals surface area contributed by atoms with Gasteiger partial charge in [-0.2, -0.15) is 0 Å². The number of hydrogen-bond donors (Lipinski definition) is 1. The van der Waals surface area contributed by atoms with Gasteiger partial charge in [0, 0.05) is 19.8 Å². The average molecular weight is 380 g/mol. The standard InChI is InChI=1S/C26H37NO/c1-26-16-15-22-21(23(26)13-14-24(26)28)12-9-18-5-4-6-20(25(18)22)17-7-10-19(11-8-17)27(2)3/h5,7-8,10-11,20-25,28H,4,6,9,12-16H2,1-3H3/t20?,21-,22+,23+,24+,25-,26+/m1/s1. The number of aliphatic hydroxyl groups is 1. The molecule has 0 saturated heterocycles. The average Bonchev–Trinajstić information content (AvgIpc) is 3.02. The second-order valence-electron chi connectivity index (χ2n) is 10.6. The second kappa shape index (κ2) is 6.90. The van der Waals surface area contributed by atoms with Crippen LogP contribution < -0.4 is 4.90 Å². The predicted molar refractivity (Wildman–Crippen MR) is 117 cm³/mol. The molecule has 3 saturated carbocycles. The van der Waals surface area contributed by atoms with Gasteiger partial charge in [0.1, 0.15) is 0 Å². The van der Waals surface area contributed by atoms with Crippen LogP contribution in [0.15, 0.2) is 35.9 Å². The molecule has 2 nitrogen and oxygen atoms in total. The first-order chi connectivity index (χ1) is 13.5. The predicted octanol–water partition coefficient (Wildman–Crippen LogP) is 5.77. The Hall–Kier alpha value is -1.28. The normalized spacial score (nSPS) is 42.2. The lowest BCUT2D eigenvalue weighted by Gasteiger charge is -2.55. The number of fused-ring (bicyclic) bond motifs is 5. The van der Waals surface area contributed by atoms with Crippen LogP contribution in [-0.2, 0) is 0 Å². The summed E-state index contributed by atoms with van der Waals surface area (Å²) in [7, 11) is 4.24. The number of hydrogen-bond acceptors (Lipinski definition) is 2. The summed E-state index contributed by atoms with van der Waals surface area (Å²) in [4.78, 5) is 2.19. The molecule has 0 amide bonds. The molecule has 0 aliphatic heterocycles. The highest BCUT2D eigenvalue weighted by Gasteiger charge is 2.56. The van der Waals surface area contributed by atoms with Gasteiger partial charge in [-0.15, -0.1) is 0 Å². The minimum Gasteiger partial charge on any atom is -0.393 e. The first-order valence-electron chi connectivity index (χ1n) is 11.6. The van der Waals surface area contributed by atoms with Crippen LogP contribution in [0.1, 0.15) is 69.8 Å². The lowest BCUT2D eigenvalue weighted by Crippen LogP contribution is -2.48. The molecule has 0 heterocycles. The molecule has 0 bridgehead atoms. The van der Waals surface area contributed by atoms with Crippen molar-refractivity contribution in [2.45, 2.75) is 70.3 Å². The summed E-state index contributed by atoms with van der Waals surface area (Å²) in [5.41, 5.74) is 4.82. The molecule has 28 heavy (non-hydrogen) atoms. The van der Waals surface area contributed by atoms with Crippen molar-refractivity contribution < 1.29 is 5.11 Å². The highest BCUT2D eigenvalue weighted by Crippen LogP contribution is 2.63. The molecule has 1 unspecified atom stereocenters. The topological polar surface area (TPSA) is 23.5 Å². The maximum absolute atomic E-state index is 10.7. The van der Waals surface area contributed by atoms with Crippen LogP contribution in [-0.4, -0.2) is 25.3 Å². The largest absolute Gasteiger partial charge is 0.393 e. The Bertz CT molecular complexity index is 750. The number of anilines is 1. The van der Waals surface area contributed by atoms with Gasteiger partial charge in [-0.1, -0.05) is 30.7 Å². The van der Waals surface area contributed by atoms with Gasteiger partial charge in [0.2, 0.25) is 0 Å². The SMILES string of the molecule is CN(C)c1ccc(C2CCC=C3CC[C@@H]4[C@H](CC[C@]5(C)[C@@H](O)CC[C@@H]45)[C@H]32)cc1. The Morgan fingerprint density at radius 3 is 2.50 bits per heavy atom. The summed E-state index contributed by atoms with van der Waals surface area (Å²) in [6.45, 7) is 2.40. The van der Waals surface area contributed by atoms with Crippen LogP contribution in [0.3, 0.4) is 0 Å². The fourth-order valence-electron chi connectivity index (χ4n) is 7.74. The molecule has 2 heteroatoms. The molecule has 1 aromatic rings. The third-order valence-electron chi connectivity index (χ3n) is 9.25. The van der Waals surface area contributed by atoms with E-state index in [4.69, 9.17) is 0 Å². The Morgan fingerprint density at radius 2 is 1.75 bits per heavy atom. The maximum Gasteiger partial charge on any atom is 0.0596 e. The van der Waals surface area contributed by atoms with Crippen molar-refractivity contribution in [3.05, 3.63) is 41.5 Å². The van der Waals surface area contributed by atoms with Gasteiger partial charge in [-0.25, -0.2) is 0 Å². The van der Waals surface area contributed by atoms with Gasteiger partial charge in [-0.3, -0.25) is 0 Å². The van der Waals surface area contributed by atoms with E-state index in [9.17, 15) is 5.11 Å². The number of rotatable bonds is 2. The lowest BCUT2D eigenvalue weighted by molar-refractivity contribution is -0.0557. The molecular weight excluding hydrogens is 342 g/mol. The Kier molecular flexibility index (Phi) is 4.62. The Labute approximate surface area is 171 Å². The van der Waals surface area contributed by atoms with Crippen LogP contribution in [0.2, 0.25) is 0 Å². The van der Waals surface area contributed by atoms with Crippen LogP contribution in [0.5, 0.6) is 0 Å². The van der Waals surface area contributed by atoms with E-state index in [1.807, 2.05) is 0 Å². The minimum atomic E-state index is -0.0591. The fourth-order valence-corrected chi connectivity index (χ4v) is 7.74. The van der Waals surface area contributed by atoms with Crippen LogP contribution in [0.25, 0.3) is 0 Å². The van der Waals surface area contributed by atoms with Crippen molar-refractivity contribution in [3.8, 4) is 0 Å². The van der Waals surface area contributed by atoms with Crippen molar-refractivity contribution in [1.82, 2.24) is 0 Å². The third-order valence-corrected chi connectivity index (χ3v) is 9.25. The number of aliphatic hydroxyl groups excluding tert-OH is 1. The molecule has 0 radical (unpaired) electrons. The van der Waals surface area contributed by atoms with Crippen LogP contribution in [0.4, 0.5) is 5.69 Å². The van der Waals surface area contributed by atoms with E-state index in [-0.39, 0.29) is 11.5 Å². The highest BCUT2D eigenvalue weighted by atomic mass is 16.3. The maximum atomic E-state index is 10.7. The van der Waals surface area contributed by atoms with Crippen molar-refractivity contribution in [3.63, 3.8) is 0 Å². The number of nitrogens with zero attached hydrogens (tertiary/aromatic N) is 1. The summed E-state index contributed by atoms with van der Waals surface area (Å²) in [6.07, 6.45) is 12.6. The zero-order chi connectivity index (χ0) is 19.5. The molecule has 0 aromatic heterocycles.